The highest BCUT2D eigenvalue weighted by atomic mass is 17.1. The highest BCUT2D eigenvalue weighted by Gasteiger charge is 2.28. The Morgan fingerprint density at radius 3 is 2.38 bits per heavy atom. The van der Waals surface area contributed by atoms with E-state index in [0.29, 0.717) is 17.0 Å². The summed E-state index contributed by atoms with van der Waals surface area (Å²) in [5.74, 6) is -0.153. The lowest BCUT2D eigenvalue weighted by Gasteiger charge is -2.12. The topological polar surface area (TPSA) is 62.1 Å². The van der Waals surface area contributed by atoms with Crippen molar-refractivity contribution in [1.29, 1.82) is 0 Å². The van der Waals surface area contributed by atoms with Crippen molar-refractivity contribution in [3.05, 3.63) is 70.8 Å². The normalized spacial score (nSPS) is 16.0. The lowest BCUT2D eigenvalue weighted by molar-refractivity contribution is -0.253. The Balaban J connectivity index is 1.85. The van der Waals surface area contributed by atoms with Crippen LogP contribution in [-0.2, 0) is 16.3 Å². The van der Waals surface area contributed by atoms with Gasteiger partial charge < -0.3 is 0 Å². The SMILES string of the molecule is CC1=NN(c2ccc(COO)cc2)C(=O)C1=Cc1ccc(C)cc1. The molecule has 1 amide bonds. The van der Waals surface area contributed by atoms with E-state index in [1.54, 1.807) is 24.3 Å². The van der Waals surface area contributed by atoms with Crippen molar-refractivity contribution in [2.75, 3.05) is 5.01 Å². The second-order valence-electron chi connectivity index (χ2n) is 5.71. The van der Waals surface area contributed by atoms with Gasteiger partial charge in [0.1, 0.15) is 6.61 Å². The molecule has 0 bridgehead atoms. The zero-order chi connectivity index (χ0) is 17.1. The maximum Gasteiger partial charge on any atom is 0.280 e. The molecule has 0 spiro atoms. The first-order chi connectivity index (χ1) is 11.6. The fraction of sp³-hybridized carbons (Fsp3) is 0.158. The lowest BCUT2D eigenvalue weighted by Crippen LogP contribution is -2.21. The third kappa shape index (κ3) is 3.27. The molecule has 2 aromatic rings. The van der Waals surface area contributed by atoms with E-state index in [1.807, 2.05) is 44.2 Å². The molecule has 1 N–H and O–H groups in total. The number of benzene rings is 2. The zero-order valence-corrected chi connectivity index (χ0v) is 13.6. The fourth-order valence-electron chi connectivity index (χ4n) is 2.50. The molecule has 5 nitrogen and oxygen atoms in total. The number of amides is 1. The fourth-order valence-corrected chi connectivity index (χ4v) is 2.50. The average Bonchev–Trinajstić information content (AvgIpc) is 2.86. The van der Waals surface area contributed by atoms with Gasteiger partial charge in [0.15, 0.2) is 0 Å². The summed E-state index contributed by atoms with van der Waals surface area (Å²) in [6.45, 7) is 3.96. The van der Waals surface area contributed by atoms with Crippen LogP contribution >= 0.6 is 0 Å². The summed E-state index contributed by atoms with van der Waals surface area (Å²) in [6, 6.07) is 15.1. The molecule has 122 valence electrons. The molecule has 0 unspecified atom stereocenters. The van der Waals surface area contributed by atoms with E-state index in [2.05, 4.69) is 9.99 Å². The molecule has 0 aromatic heterocycles. The van der Waals surface area contributed by atoms with Crippen LogP contribution in [0.5, 0.6) is 0 Å². The number of carbonyl (C=O) groups excluding carboxylic acids is 1. The number of nitrogens with zero attached hydrogens (tertiary/aromatic N) is 2. The van der Waals surface area contributed by atoms with Crippen LogP contribution in [0.3, 0.4) is 0 Å². The number of carbonyl (C=O) groups is 1. The Morgan fingerprint density at radius 2 is 1.75 bits per heavy atom. The van der Waals surface area contributed by atoms with Gasteiger partial charge in [-0.1, -0.05) is 42.0 Å². The van der Waals surface area contributed by atoms with E-state index >= 15 is 0 Å². The second-order valence-corrected chi connectivity index (χ2v) is 5.71. The van der Waals surface area contributed by atoms with Crippen LogP contribution in [-0.4, -0.2) is 16.9 Å². The molecule has 0 aliphatic carbocycles. The van der Waals surface area contributed by atoms with Crippen molar-refractivity contribution in [3.8, 4) is 0 Å². The van der Waals surface area contributed by atoms with Crippen molar-refractivity contribution in [1.82, 2.24) is 0 Å². The quantitative estimate of drug-likeness (QED) is 0.529. The number of rotatable bonds is 4. The summed E-state index contributed by atoms with van der Waals surface area (Å²) < 4.78 is 0. The molecule has 0 saturated heterocycles. The standard InChI is InChI=1S/C19H18N2O3/c1-13-3-5-15(6-4-13)11-18-14(2)20-21(19(18)22)17-9-7-16(8-10-17)12-24-23/h3-11,23H,12H2,1-2H3. The van der Waals surface area contributed by atoms with Gasteiger partial charge in [0, 0.05) is 0 Å². The Bertz CT molecular complexity index is 806. The van der Waals surface area contributed by atoms with Gasteiger partial charge in [0.2, 0.25) is 0 Å². The summed E-state index contributed by atoms with van der Waals surface area (Å²) in [7, 11) is 0. The first-order valence-corrected chi connectivity index (χ1v) is 7.62. The third-order valence-electron chi connectivity index (χ3n) is 3.86. The van der Waals surface area contributed by atoms with Crippen LogP contribution in [0.4, 0.5) is 5.69 Å². The van der Waals surface area contributed by atoms with E-state index in [4.69, 9.17) is 5.26 Å². The summed E-state index contributed by atoms with van der Waals surface area (Å²) >= 11 is 0. The predicted molar refractivity (Wildman–Crippen MR) is 93.6 cm³/mol. The Kier molecular flexibility index (Phi) is 4.55. The first kappa shape index (κ1) is 16.1. The first-order valence-electron chi connectivity index (χ1n) is 7.62. The van der Waals surface area contributed by atoms with Gasteiger partial charge in [-0.15, -0.1) is 0 Å². The van der Waals surface area contributed by atoms with Crippen LogP contribution < -0.4 is 5.01 Å². The van der Waals surface area contributed by atoms with Crippen LogP contribution in [0.15, 0.2) is 59.2 Å². The molecule has 0 fully saturated rings. The maximum absolute atomic E-state index is 12.7. The van der Waals surface area contributed by atoms with E-state index in [9.17, 15) is 4.79 Å². The van der Waals surface area contributed by atoms with Gasteiger partial charge in [0.05, 0.1) is 17.0 Å². The minimum absolute atomic E-state index is 0.106. The lowest BCUT2D eigenvalue weighted by atomic mass is 10.1. The van der Waals surface area contributed by atoms with Crippen LogP contribution in [0.1, 0.15) is 23.6 Å². The zero-order valence-electron chi connectivity index (χ0n) is 13.6. The molecule has 1 heterocycles. The third-order valence-corrected chi connectivity index (χ3v) is 3.86. The van der Waals surface area contributed by atoms with Gasteiger partial charge in [-0.3, -0.25) is 10.1 Å². The van der Waals surface area contributed by atoms with Crippen molar-refractivity contribution >= 4 is 23.4 Å². The summed E-state index contributed by atoms with van der Waals surface area (Å²) in [5, 5.41) is 14.2. The van der Waals surface area contributed by atoms with Crippen LogP contribution in [0, 0.1) is 6.92 Å². The van der Waals surface area contributed by atoms with E-state index in [-0.39, 0.29) is 12.5 Å². The molecular weight excluding hydrogens is 304 g/mol. The largest absolute Gasteiger partial charge is 0.280 e. The maximum atomic E-state index is 12.7. The van der Waals surface area contributed by atoms with Crippen LogP contribution in [0.2, 0.25) is 0 Å². The Labute approximate surface area is 140 Å². The number of hydrogen-bond acceptors (Lipinski definition) is 4. The van der Waals surface area contributed by atoms with Gasteiger partial charge in [-0.05, 0) is 43.2 Å². The summed E-state index contributed by atoms with van der Waals surface area (Å²) in [4.78, 5) is 16.8. The van der Waals surface area contributed by atoms with Crippen LogP contribution in [0.25, 0.3) is 6.08 Å². The van der Waals surface area contributed by atoms with Crippen molar-refractivity contribution in [3.63, 3.8) is 0 Å². The molecule has 0 radical (unpaired) electrons. The smallest absolute Gasteiger partial charge is 0.267 e. The van der Waals surface area contributed by atoms with Gasteiger partial charge in [0.25, 0.3) is 5.91 Å². The molecule has 24 heavy (non-hydrogen) atoms. The molecule has 5 heteroatoms. The van der Waals surface area contributed by atoms with Crippen molar-refractivity contribution in [2.24, 2.45) is 5.10 Å². The van der Waals surface area contributed by atoms with Gasteiger partial charge in [-0.2, -0.15) is 10.1 Å². The van der Waals surface area contributed by atoms with E-state index < -0.39 is 0 Å². The molecule has 0 saturated carbocycles. The number of hydrazone groups is 1. The second kappa shape index (κ2) is 6.78. The Morgan fingerprint density at radius 1 is 1.08 bits per heavy atom. The highest BCUT2D eigenvalue weighted by molar-refractivity contribution is 6.32. The average molecular weight is 322 g/mol. The minimum Gasteiger partial charge on any atom is -0.267 e. The molecule has 1 aliphatic rings. The van der Waals surface area contributed by atoms with Gasteiger partial charge in [-0.25, -0.2) is 4.89 Å². The summed E-state index contributed by atoms with van der Waals surface area (Å²) in [5.41, 5.74) is 4.90. The molecular formula is C19H18N2O3. The highest BCUT2D eigenvalue weighted by Crippen LogP contribution is 2.25. The van der Waals surface area contributed by atoms with Crippen molar-refractivity contribution in [2.45, 2.75) is 20.5 Å². The minimum atomic E-state index is -0.153. The summed E-state index contributed by atoms with van der Waals surface area (Å²) in [6.07, 6.45) is 1.86. The van der Waals surface area contributed by atoms with Gasteiger partial charge >= 0.3 is 0 Å². The number of hydrogen-bond donors (Lipinski definition) is 1. The molecule has 0 atom stereocenters. The number of anilines is 1. The molecule has 3 rings (SSSR count). The predicted octanol–water partition coefficient (Wildman–Crippen LogP) is 3.79. The molecule has 1 aliphatic heterocycles. The Hall–Kier alpha value is -2.76. The van der Waals surface area contributed by atoms with Crippen molar-refractivity contribution < 1.29 is 14.9 Å². The van der Waals surface area contributed by atoms with E-state index in [1.165, 1.54) is 10.6 Å². The molecule has 2 aromatic carbocycles. The number of aryl methyl sites for hydroxylation is 1. The monoisotopic (exact) mass is 322 g/mol. The van der Waals surface area contributed by atoms with E-state index in [0.717, 1.165) is 11.1 Å².